The normalized spacial score (nSPS) is 10.4. The van der Waals surface area contributed by atoms with Gasteiger partial charge in [0.1, 0.15) is 0 Å². The van der Waals surface area contributed by atoms with Crippen molar-refractivity contribution in [1.82, 2.24) is 5.43 Å². The summed E-state index contributed by atoms with van der Waals surface area (Å²) in [5, 5.41) is 3.88. The van der Waals surface area contributed by atoms with Crippen LogP contribution in [0.15, 0.2) is 33.8 Å². The molecule has 1 rings (SSSR count). The molecule has 0 heterocycles. The first kappa shape index (κ1) is 8.27. The van der Waals surface area contributed by atoms with Gasteiger partial charge in [-0.2, -0.15) is 5.10 Å². The minimum absolute atomic E-state index is 1.08. The molecule has 0 bridgehead atoms. The SMILES string of the molecule is CN/N=C/c1ccc(Br)cc1. The minimum atomic E-state index is 1.08. The van der Waals surface area contributed by atoms with Crippen LogP contribution in [0.25, 0.3) is 0 Å². The second-order valence-electron chi connectivity index (χ2n) is 2.03. The molecule has 0 radical (unpaired) electrons. The van der Waals surface area contributed by atoms with Crippen LogP contribution in [0.4, 0.5) is 0 Å². The Kier molecular flexibility index (Phi) is 3.11. The highest BCUT2D eigenvalue weighted by atomic mass is 79.9. The number of benzene rings is 1. The third kappa shape index (κ3) is 2.72. The molecule has 3 heteroatoms. The maximum atomic E-state index is 3.88. The molecule has 0 amide bonds. The molecule has 58 valence electrons. The Balaban J connectivity index is 2.73. The Morgan fingerprint density at radius 2 is 2.00 bits per heavy atom. The quantitative estimate of drug-likeness (QED) is 0.589. The molecule has 0 atom stereocenters. The maximum Gasteiger partial charge on any atom is 0.0540 e. The molecule has 1 N–H and O–H groups in total. The van der Waals surface area contributed by atoms with Crippen LogP contribution in [0.2, 0.25) is 0 Å². The van der Waals surface area contributed by atoms with Crippen molar-refractivity contribution >= 4 is 22.1 Å². The average Bonchev–Trinajstić information content (AvgIpc) is 2.04. The van der Waals surface area contributed by atoms with Crippen LogP contribution in [0.5, 0.6) is 0 Å². The lowest BCUT2D eigenvalue weighted by Gasteiger charge is -1.92. The van der Waals surface area contributed by atoms with E-state index in [2.05, 4.69) is 26.5 Å². The van der Waals surface area contributed by atoms with Crippen LogP contribution in [-0.4, -0.2) is 13.3 Å². The summed E-state index contributed by atoms with van der Waals surface area (Å²) >= 11 is 3.35. The van der Waals surface area contributed by atoms with Crippen LogP contribution in [0.1, 0.15) is 5.56 Å². The Morgan fingerprint density at radius 3 is 2.55 bits per heavy atom. The summed E-state index contributed by atoms with van der Waals surface area (Å²) in [6.07, 6.45) is 1.77. The number of hydrazone groups is 1. The summed E-state index contributed by atoms with van der Waals surface area (Å²) < 4.78 is 1.08. The Bertz CT molecular complexity index is 241. The molecule has 0 aliphatic heterocycles. The Morgan fingerprint density at radius 1 is 1.36 bits per heavy atom. The molecule has 0 spiro atoms. The molecule has 11 heavy (non-hydrogen) atoms. The highest BCUT2D eigenvalue weighted by molar-refractivity contribution is 9.10. The molecule has 0 saturated carbocycles. The first-order valence-corrected chi connectivity index (χ1v) is 4.07. The lowest BCUT2D eigenvalue weighted by Crippen LogP contribution is -1.94. The van der Waals surface area contributed by atoms with Crippen molar-refractivity contribution in [3.63, 3.8) is 0 Å². The van der Waals surface area contributed by atoms with Gasteiger partial charge in [0.15, 0.2) is 0 Å². The molecule has 1 aromatic carbocycles. The molecule has 0 aliphatic carbocycles. The summed E-state index contributed by atoms with van der Waals surface area (Å²) in [5.41, 5.74) is 3.77. The fourth-order valence-electron chi connectivity index (χ4n) is 0.688. The zero-order valence-electron chi connectivity index (χ0n) is 6.21. The van der Waals surface area contributed by atoms with Gasteiger partial charge in [0.2, 0.25) is 0 Å². The summed E-state index contributed by atoms with van der Waals surface area (Å²) in [6.45, 7) is 0. The van der Waals surface area contributed by atoms with Crippen LogP contribution in [0, 0.1) is 0 Å². The summed E-state index contributed by atoms with van der Waals surface area (Å²) in [6, 6.07) is 7.95. The van der Waals surface area contributed by atoms with E-state index in [0.717, 1.165) is 10.0 Å². The fourth-order valence-corrected chi connectivity index (χ4v) is 0.952. The standard InChI is InChI=1S/C8H9BrN2/c1-10-11-6-7-2-4-8(9)5-3-7/h2-6,10H,1H3/b11-6+. The first-order chi connectivity index (χ1) is 5.33. The van der Waals surface area contributed by atoms with E-state index in [1.165, 1.54) is 0 Å². The lowest BCUT2D eigenvalue weighted by molar-refractivity contribution is 0.908. The molecule has 1 aromatic rings. The van der Waals surface area contributed by atoms with Crippen molar-refractivity contribution in [2.45, 2.75) is 0 Å². The Hall–Kier alpha value is -0.830. The molecule has 0 fully saturated rings. The van der Waals surface area contributed by atoms with Gasteiger partial charge in [-0.05, 0) is 17.7 Å². The van der Waals surface area contributed by atoms with E-state index >= 15 is 0 Å². The molecule has 0 aliphatic rings. The van der Waals surface area contributed by atoms with Gasteiger partial charge in [-0.3, -0.25) is 0 Å². The van der Waals surface area contributed by atoms with E-state index in [1.54, 1.807) is 13.3 Å². The van der Waals surface area contributed by atoms with Crippen molar-refractivity contribution in [2.24, 2.45) is 5.10 Å². The zero-order chi connectivity index (χ0) is 8.10. The third-order valence-corrected chi connectivity index (χ3v) is 1.74. The highest BCUT2D eigenvalue weighted by Crippen LogP contribution is 2.08. The smallest absolute Gasteiger partial charge is 0.0540 e. The average molecular weight is 213 g/mol. The van der Waals surface area contributed by atoms with Crippen molar-refractivity contribution in [2.75, 3.05) is 7.05 Å². The Labute approximate surface area is 74.4 Å². The molecule has 0 saturated heterocycles. The van der Waals surface area contributed by atoms with Crippen LogP contribution >= 0.6 is 15.9 Å². The molecule has 0 unspecified atom stereocenters. The molecular formula is C8H9BrN2. The predicted octanol–water partition coefficient (Wildman–Crippen LogP) is 2.00. The zero-order valence-corrected chi connectivity index (χ0v) is 7.80. The number of halogens is 1. The number of rotatable bonds is 2. The van der Waals surface area contributed by atoms with E-state index in [0.29, 0.717) is 0 Å². The van der Waals surface area contributed by atoms with Crippen molar-refractivity contribution < 1.29 is 0 Å². The van der Waals surface area contributed by atoms with Crippen molar-refractivity contribution in [1.29, 1.82) is 0 Å². The minimum Gasteiger partial charge on any atom is -0.313 e. The van der Waals surface area contributed by atoms with Crippen LogP contribution < -0.4 is 5.43 Å². The van der Waals surface area contributed by atoms with E-state index in [9.17, 15) is 0 Å². The van der Waals surface area contributed by atoms with Gasteiger partial charge in [-0.15, -0.1) is 0 Å². The fraction of sp³-hybridized carbons (Fsp3) is 0.125. The summed E-state index contributed by atoms with van der Waals surface area (Å²) in [7, 11) is 1.77. The second kappa shape index (κ2) is 4.13. The van der Waals surface area contributed by atoms with Gasteiger partial charge >= 0.3 is 0 Å². The number of nitrogens with zero attached hydrogens (tertiary/aromatic N) is 1. The highest BCUT2D eigenvalue weighted by Gasteiger charge is 1.86. The van der Waals surface area contributed by atoms with Gasteiger partial charge in [0.05, 0.1) is 6.21 Å². The van der Waals surface area contributed by atoms with Crippen molar-refractivity contribution in [3.8, 4) is 0 Å². The second-order valence-corrected chi connectivity index (χ2v) is 2.95. The number of nitrogens with one attached hydrogen (secondary N) is 1. The summed E-state index contributed by atoms with van der Waals surface area (Å²) in [5.74, 6) is 0. The van der Waals surface area contributed by atoms with E-state index < -0.39 is 0 Å². The lowest BCUT2D eigenvalue weighted by atomic mass is 10.2. The van der Waals surface area contributed by atoms with Gasteiger partial charge in [0.25, 0.3) is 0 Å². The third-order valence-electron chi connectivity index (χ3n) is 1.21. The maximum absolute atomic E-state index is 3.88. The molecular weight excluding hydrogens is 204 g/mol. The largest absolute Gasteiger partial charge is 0.313 e. The van der Waals surface area contributed by atoms with E-state index in [-0.39, 0.29) is 0 Å². The number of hydrogen-bond acceptors (Lipinski definition) is 2. The van der Waals surface area contributed by atoms with Crippen LogP contribution in [-0.2, 0) is 0 Å². The van der Waals surface area contributed by atoms with Gasteiger partial charge in [-0.25, -0.2) is 0 Å². The molecule has 2 nitrogen and oxygen atoms in total. The van der Waals surface area contributed by atoms with Crippen LogP contribution in [0.3, 0.4) is 0 Å². The monoisotopic (exact) mass is 212 g/mol. The molecule has 0 aromatic heterocycles. The first-order valence-electron chi connectivity index (χ1n) is 3.28. The van der Waals surface area contributed by atoms with E-state index in [1.807, 2.05) is 24.3 Å². The van der Waals surface area contributed by atoms with Crippen molar-refractivity contribution in [3.05, 3.63) is 34.3 Å². The summed E-state index contributed by atoms with van der Waals surface area (Å²) in [4.78, 5) is 0. The van der Waals surface area contributed by atoms with Gasteiger partial charge < -0.3 is 5.43 Å². The predicted molar refractivity (Wildman–Crippen MR) is 50.8 cm³/mol. The topological polar surface area (TPSA) is 24.4 Å². The number of hydrogen-bond donors (Lipinski definition) is 1. The van der Waals surface area contributed by atoms with Gasteiger partial charge in [-0.1, -0.05) is 28.1 Å². The van der Waals surface area contributed by atoms with E-state index in [4.69, 9.17) is 0 Å². The van der Waals surface area contributed by atoms with Gasteiger partial charge in [0, 0.05) is 11.5 Å².